The molecule has 0 saturated heterocycles. The van der Waals surface area contributed by atoms with E-state index in [9.17, 15) is 0 Å². The number of para-hydroxylation sites is 1. The van der Waals surface area contributed by atoms with Gasteiger partial charge in [-0.3, -0.25) is 0 Å². The fraction of sp³-hybridized carbons (Fsp3) is 0.400. The maximum Gasteiger partial charge on any atom is 0.0491 e. The molecule has 0 bridgehead atoms. The molecule has 0 aliphatic rings. The molecule has 2 N–H and O–H groups in total. The van der Waals surface area contributed by atoms with Crippen LogP contribution < -0.4 is 5.73 Å². The van der Waals surface area contributed by atoms with Crippen LogP contribution in [0, 0.1) is 0 Å². The van der Waals surface area contributed by atoms with E-state index in [1.54, 1.807) is 0 Å². The van der Waals surface area contributed by atoms with Gasteiger partial charge in [-0.05, 0) is 37.1 Å². The van der Waals surface area contributed by atoms with Gasteiger partial charge in [0.1, 0.15) is 0 Å². The number of aryl methyl sites for hydroxylation is 1. The molecule has 1 atom stereocenters. The van der Waals surface area contributed by atoms with E-state index < -0.39 is 0 Å². The molecule has 1 heterocycles. The molecule has 0 fully saturated rings. The minimum atomic E-state index is 0. The average Bonchev–Trinajstić information content (AvgIpc) is 2.88. The highest BCUT2D eigenvalue weighted by Gasteiger charge is 2.12. The van der Waals surface area contributed by atoms with Crippen molar-refractivity contribution in [3.63, 3.8) is 0 Å². The molecule has 23 heavy (non-hydrogen) atoms. The summed E-state index contributed by atoms with van der Waals surface area (Å²) in [4.78, 5) is 0. The molecule has 0 aliphatic heterocycles. The highest BCUT2D eigenvalue weighted by molar-refractivity contribution is 6.08. The molecular formula is C20H27ClN2. The van der Waals surface area contributed by atoms with Crippen LogP contribution in [0.3, 0.4) is 0 Å². The zero-order valence-corrected chi connectivity index (χ0v) is 14.9. The third-order valence-corrected chi connectivity index (χ3v) is 4.66. The summed E-state index contributed by atoms with van der Waals surface area (Å²) in [6.45, 7) is 5.43. The van der Waals surface area contributed by atoms with Gasteiger partial charge in [-0.15, -0.1) is 12.4 Å². The first-order chi connectivity index (χ1) is 10.8. The molecule has 0 saturated carbocycles. The number of unbranched alkanes of at least 4 members (excludes halogenated alkanes) is 2. The summed E-state index contributed by atoms with van der Waals surface area (Å²) >= 11 is 0. The first kappa shape index (κ1) is 17.8. The fourth-order valence-corrected chi connectivity index (χ4v) is 3.42. The van der Waals surface area contributed by atoms with Crippen LogP contribution in [0.15, 0.2) is 42.5 Å². The Kier molecular flexibility index (Phi) is 6.09. The van der Waals surface area contributed by atoms with Crippen molar-refractivity contribution in [2.75, 3.05) is 0 Å². The van der Waals surface area contributed by atoms with Gasteiger partial charge >= 0.3 is 0 Å². The van der Waals surface area contributed by atoms with Crippen LogP contribution in [0.2, 0.25) is 0 Å². The highest BCUT2D eigenvalue weighted by Crippen LogP contribution is 2.31. The summed E-state index contributed by atoms with van der Waals surface area (Å²) in [5.41, 5.74) is 10.3. The van der Waals surface area contributed by atoms with Crippen molar-refractivity contribution < 1.29 is 0 Å². The van der Waals surface area contributed by atoms with Crippen LogP contribution in [0.1, 0.15) is 51.1 Å². The molecule has 3 heteroatoms. The summed E-state index contributed by atoms with van der Waals surface area (Å²) in [6, 6.07) is 15.6. The van der Waals surface area contributed by atoms with Crippen molar-refractivity contribution in [3.05, 3.63) is 48.0 Å². The number of nitrogens with zero attached hydrogens (tertiary/aromatic N) is 1. The zero-order chi connectivity index (χ0) is 15.5. The third-order valence-electron chi connectivity index (χ3n) is 4.66. The van der Waals surface area contributed by atoms with Crippen molar-refractivity contribution in [3.8, 4) is 0 Å². The minimum Gasteiger partial charge on any atom is -0.341 e. The SMILES string of the molecule is CCCCC[C@@H](N)c1ccc2c(c1)c1ccccc1n2CC.Cl. The van der Waals surface area contributed by atoms with Crippen molar-refractivity contribution in [1.29, 1.82) is 0 Å². The van der Waals surface area contributed by atoms with Crippen LogP contribution in [-0.2, 0) is 6.54 Å². The van der Waals surface area contributed by atoms with E-state index in [0.717, 1.165) is 13.0 Å². The summed E-state index contributed by atoms with van der Waals surface area (Å²) in [5.74, 6) is 0. The van der Waals surface area contributed by atoms with Gasteiger partial charge in [-0.25, -0.2) is 0 Å². The number of hydrogen-bond donors (Lipinski definition) is 1. The third kappa shape index (κ3) is 3.39. The number of fused-ring (bicyclic) bond motifs is 3. The van der Waals surface area contributed by atoms with Crippen LogP contribution >= 0.6 is 12.4 Å². The number of rotatable bonds is 6. The molecule has 2 nitrogen and oxygen atoms in total. The maximum absolute atomic E-state index is 6.40. The van der Waals surface area contributed by atoms with Gasteiger partial charge in [0.15, 0.2) is 0 Å². The number of halogens is 1. The first-order valence-corrected chi connectivity index (χ1v) is 8.52. The summed E-state index contributed by atoms with van der Waals surface area (Å²) in [7, 11) is 0. The molecule has 0 spiro atoms. The van der Waals surface area contributed by atoms with Crippen molar-refractivity contribution >= 4 is 34.2 Å². The predicted molar refractivity (Wildman–Crippen MR) is 103 cm³/mol. The molecular weight excluding hydrogens is 304 g/mol. The molecule has 0 amide bonds. The van der Waals surface area contributed by atoms with E-state index >= 15 is 0 Å². The van der Waals surface area contributed by atoms with Gasteiger partial charge in [0.2, 0.25) is 0 Å². The van der Waals surface area contributed by atoms with Crippen molar-refractivity contribution in [2.24, 2.45) is 5.73 Å². The average molecular weight is 331 g/mol. The Bertz CT molecular complexity index is 776. The molecule has 2 aromatic carbocycles. The number of benzene rings is 2. The van der Waals surface area contributed by atoms with E-state index in [1.807, 2.05) is 0 Å². The Morgan fingerprint density at radius 2 is 1.70 bits per heavy atom. The Morgan fingerprint density at radius 3 is 2.43 bits per heavy atom. The van der Waals surface area contributed by atoms with Crippen LogP contribution in [0.4, 0.5) is 0 Å². The van der Waals surface area contributed by atoms with Crippen LogP contribution in [-0.4, -0.2) is 4.57 Å². The Labute approximate surface area is 145 Å². The lowest BCUT2D eigenvalue weighted by Gasteiger charge is -2.12. The monoisotopic (exact) mass is 330 g/mol. The lowest BCUT2D eigenvalue weighted by molar-refractivity contribution is 0.581. The lowest BCUT2D eigenvalue weighted by atomic mass is 9.99. The molecule has 0 aliphatic carbocycles. The van der Waals surface area contributed by atoms with Crippen molar-refractivity contribution in [1.82, 2.24) is 4.57 Å². The molecule has 3 aromatic rings. The molecule has 0 radical (unpaired) electrons. The lowest BCUT2D eigenvalue weighted by Crippen LogP contribution is -2.10. The van der Waals surface area contributed by atoms with Gasteiger partial charge in [0.05, 0.1) is 0 Å². The topological polar surface area (TPSA) is 30.9 Å². The minimum absolute atomic E-state index is 0. The smallest absolute Gasteiger partial charge is 0.0491 e. The molecule has 124 valence electrons. The normalized spacial score (nSPS) is 12.5. The van der Waals surface area contributed by atoms with E-state index in [2.05, 4.69) is 60.9 Å². The van der Waals surface area contributed by atoms with E-state index in [4.69, 9.17) is 5.73 Å². The number of hydrogen-bond acceptors (Lipinski definition) is 1. The van der Waals surface area contributed by atoms with Gasteiger partial charge in [-0.2, -0.15) is 0 Å². The summed E-state index contributed by atoms with van der Waals surface area (Å²) < 4.78 is 2.39. The second-order valence-electron chi connectivity index (χ2n) is 6.14. The van der Waals surface area contributed by atoms with Gasteiger partial charge in [0, 0.05) is 34.4 Å². The Balaban J connectivity index is 0.00000192. The van der Waals surface area contributed by atoms with Gasteiger partial charge in [0.25, 0.3) is 0 Å². The van der Waals surface area contributed by atoms with E-state index in [0.29, 0.717) is 0 Å². The van der Waals surface area contributed by atoms with Crippen LogP contribution in [0.5, 0.6) is 0 Å². The first-order valence-electron chi connectivity index (χ1n) is 8.52. The second-order valence-corrected chi connectivity index (χ2v) is 6.14. The van der Waals surface area contributed by atoms with Gasteiger partial charge in [-0.1, -0.05) is 50.5 Å². The highest BCUT2D eigenvalue weighted by atomic mass is 35.5. The Hall–Kier alpha value is -1.51. The van der Waals surface area contributed by atoms with E-state index in [1.165, 1.54) is 46.6 Å². The quantitative estimate of drug-likeness (QED) is 0.567. The standard InChI is InChI=1S/C20H26N2.ClH/c1-3-5-6-10-18(21)15-12-13-20-17(14-15)16-9-7-8-11-19(16)22(20)4-2;/h7-9,11-14,18H,3-6,10,21H2,1-2H3;1H/t18-;/m1./s1. The van der Waals surface area contributed by atoms with Gasteiger partial charge < -0.3 is 10.3 Å². The second kappa shape index (κ2) is 7.85. The summed E-state index contributed by atoms with van der Waals surface area (Å²) in [5, 5.41) is 2.67. The van der Waals surface area contributed by atoms with E-state index in [-0.39, 0.29) is 18.4 Å². The maximum atomic E-state index is 6.40. The number of nitrogens with two attached hydrogens (primary N) is 1. The molecule has 0 unspecified atom stereocenters. The van der Waals surface area contributed by atoms with Crippen molar-refractivity contribution in [2.45, 2.75) is 52.1 Å². The predicted octanol–water partition coefficient (Wildman–Crippen LogP) is 5.82. The fourth-order valence-electron chi connectivity index (χ4n) is 3.42. The number of aromatic nitrogens is 1. The van der Waals surface area contributed by atoms with Crippen LogP contribution in [0.25, 0.3) is 21.8 Å². The zero-order valence-electron chi connectivity index (χ0n) is 14.1. The Morgan fingerprint density at radius 1 is 0.957 bits per heavy atom. The molecule has 1 aromatic heterocycles. The summed E-state index contributed by atoms with van der Waals surface area (Å²) in [6.07, 6.45) is 4.80. The largest absolute Gasteiger partial charge is 0.341 e. The molecule has 3 rings (SSSR count).